The summed E-state index contributed by atoms with van der Waals surface area (Å²) in [5.41, 5.74) is 0. The van der Waals surface area contributed by atoms with Gasteiger partial charge in [0.15, 0.2) is 0 Å². The third-order valence-electron chi connectivity index (χ3n) is 1.11. The fourth-order valence-corrected chi connectivity index (χ4v) is 1.83. The number of hydrogen-bond acceptors (Lipinski definition) is 0. The molecule has 0 aliphatic rings. The van der Waals surface area contributed by atoms with Crippen molar-refractivity contribution >= 4 is 92.8 Å². The van der Waals surface area contributed by atoms with Crippen molar-refractivity contribution in [1.29, 1.82) is 0 Å². The van der Waals surface area contributed by atoms with E-state index in [4.69, 9.17) is 92.8 Å². The van der Waals surface area contributed by atoms with E-state index in [1.165, 1.54) is 0 Å². The largest absolute Gasteiger partial charge is 0.293 e. The molecule has 0 saturated carbocycles. The van der Waals surface area contributed by atoms with E-state index >= 15 is 0 Å². The Morgan fingerprint density at radius 1 is 0.500 bits per heavy atom. The van der Waals surface area contributed by atoms with Gasteiger partial charge in [-0.1, -0.05) is 92.8 Å². The summed E-state index contributed by atoms with van der Waals surface area (Å²) in [6.07, 6.45) is 0. The van der Waals surface area contributed by atoms with Crippen LogP contribution >= 0.6 is 92.8 Å². The van der Waals surface area contributed by atoms with Crippen molar-refractivity contribution in [2.24, 2.45) is 0 Å². The Labute approximate surface area is 119 Å². The van der Waals surface area contributed by atoms with E-state index in [2.05, 4.69) is 0 Å². The predicted octanol–water partition coefficient (Wildman–Crippen LogP) is 5.54. The molecule has 0 aromatic heterocycles. The Hall–Kier alpha value is 2.18. The zero-order valence-corrected chi connectivity index (χ0v) is 11.8. The SMILES string of the molecule is FC(Cl)(Cl)C(Cl)(Cl)C(Cl)(Cl)C(F)(Cl)Cl. The monoisotopic (exact) mass is 366 g/mol. The fraction of sp³-hybridized carbons (Fsp3) is 1.00. The van der Waals surface area contributed by atoms with Crippen molar-refractivity contribution in [1.82, 2.24) is 0 Å². The molecular weight excluding hydrogens is 370 g/mol. The molecule has 0 bridgehead atoms. The molecule has 0 spiro atoms. The van der Waals surface area contributed by atoms with Gasteiger partial charge in [0.05, 0.1) is 0 Å². The third kappa shape index (κ3) is 2.89. The molecule has 0 unspecified atom stereocenters. The minimum absolute atomic E-state index is 2.98. The highest BCUT2D eigenvalue weighted by molar-refractivity contribution is 6.73. The lowest BCUT2D eigenvalue weighted by atomic mass is 10.3. The van der Waals surface area contributed by atoms with Gasteiger partial charge in [0, 0.05) is 0 Å². The van der Waals surface area contributed by atoms with Crippen LogP contribution in [0.15, 0.2) is 0 Å². The van der Waals surface area contributed by atoms with E-state index < -0.39 is 17.8 Å². The molecule has 0 aliphatic heterocycles. The van der Waals surface area contributed by atoms with E-state index in [9.17, 15) is 8.78 Å². The van der Waals surface area contributed by atoms with Crippen LogP contribution in [0.2, 0.25) is 0 Å². The first-order chi connectivity index (χ1) is 5.75. The van der Waals surface area contributed by atoms with Crippen LogP contribution in [0.1, 0.15) is 0 Å². The molecule has 0 saturated heterocycles. The van der Waals surface area contributed by atoms with Gasteiger partial charge >= 0.3 is 0 Å². The molecule has 0 rings (SSSR count). The van der Waals surface area contributed by atoms with E-state index in [0.29, 0.717) is 0 Å². The lowest BCUT2D eigenvalue weighted by molar-refractivity contribution is 0.272. The second kappa shape index (κ2) is 4.45. The molecule has 0 fully saturated rings. The molecule has 0 amide bonds. The Bertz CT molecular complexity index is 188. The standard InChI is InChI=1S/C4Cl8F2/c5-1(6,3(9,10)13)2(7,8)4(11,12)14. The maximum atomic E-state index is 13.0. The average Bonchev–Trinajstić information content (AvgIpc) is 1.81. The van der Waals surface area contributed by atoms with Gasteiger partial charge < -0.3 is 0 Å². The Morgan fingerprint density at radius 2 is 0.643 bits per heavy atom. The van der Waals surface area contributed by atoms with Crippen LogP contribution < -0.4 is 0 Å². The number of rotatable bonds is 3. The summed E-state index contributed by atoms with van der Waals surface area (Å²) in [4.78, 5) is 0. The number of hydrogen-bond donors (Lipinski definition) is 0. The molecule has 0 N–H and O–H groups in total. The predicted molar refractivity (Wildman–Crippen MR) is 60.0 cm³/mol. The van der Waals surface area contributed by atoms with Crippen LogP contribution in [0, 0.1) is 0 Å². The van der Waals surface area contributed by atoms with Crippen LogP contribution in [0.5, 0.6) is 0 Å². The van der Waals surface area contributed by atoms with Gasteiger partial charge in [-0.15, -0.1) is 0 Å². The summed E-state index contributed by atoms with van der Waals surface area (Å²) in [6.45, 7) is 0. The van der Waals surface area contributed by atoms with Crippen molar-refractivity contribution in [2.75, 3.05) is 0 Å². The highest BCUT2D eigenvalue weighted by Gasteiger charge is 2.70. The Balaban J connectivity index is 5.30. The molecule has 0 nitrogen and oxygen atoms in total. The molecule has 10 heteroatoms. The minimum atomic E-state index is -3.36. The summed E-state index contributed by atoms with van der Waals surface area (Å²) >= 11 is 40.6. The quantitative estimate of drug-likeness (QED) is 0.573. The maximum absolute atomic E-state index is 13.0. The molecule has 14 heavy (non-hydrogen) atoms. The fourth-order valence-electron chi connectivity index (χ4n) is 0.356. The zero-order valence-electron chi connectivity index (χ0n) is 5.78. The van der Waals surface area contributed by atoms with Crippen LogP contribution in [-0.2, 0) is 0 Å². The van der Waals surface area contributed by atoms with Crippen LogP contribution in [0.25, 0.3) is 0 Å². The van der Waals surface area contributed by atoms with Gasteiger partial charge in [-0.05, 0) is 0 Å². The topological polar surface area (TPSA) is 0 Å². The van der Waals surface area contributed by atoms with Gasteiger partial charge in [-0.2, -0.15) is 0 Å². The van der Waals surface area contributed by atoms with E-state index in [1.807, 2.05) is 0 Å². The molecular formula is C4Cl8F2. The van der Waals surface area contributed by atoms with Crippen LogP contribution in [0.4, 0.5) is 8.78 Å². The molecule has 0 aliphatic carbocycles. The average molecular weight is 370 g/mol. The first-order valence-electron chi connectivity index (χ1n) is 2.64. The smallest absolute Gasteiger partial charge is 0.204 e. The molecule has 0 radical (unpaired) electrons. The van der Waals surface area contributed by atoms with Gasteiger partial charge in [-0.25, -0.2) is 8.78 Å². The van der Waals surface area contributed by atoms with Gasteiger partial charge in [0.25, 0.3) is 9.17 Å². The highest BCUT2D eigenvalue weighted by Crippen LogP contribution is 2.61. The first kappa shape index (κ1) is 16.2. The summed E-state index contributed by atoms with van der Waals surface area (Å²) in [5, 5.41) is 0. The Kier molecular flexibility index (Phi) is 5.15. The van der Waals surface area contributed by atoms with Gasteiger partial charge in [0.2, 0.25) is 8.67 Å². The zero-order chi connectivity index (χ0) is 12.0. The van der Waals surface area contributed by atoms with E-state index in [0.717, 1.165) is 0 Å². The normalized spacial score (nSPS) is 15.9. The molecule has 0 aromatic rings. The van der Waals surface area contributed by atoms with E-state index in [1.54, 1.807) is 0 Å². The maximum Gasteiger partial charge on any atom is 0.293 e. The molecule has 0 heterocycles. The number of halogens is 10. The van der Waals surface area contributed by atoms with Crippen molar-refractivity contribution in [3.05, 3.63) is 0 Å². The lowest BCUT2D eigenvalue weighted by Gasteiger charge is -2.39. The molecule has 0 aromatic carbocycles. The first-order valence-corrected chi connectivity index (χ1v) is 5.66. The van der Waals surface area contributed by atoms with Crippen LogP contribution in [-0.4, -0.2) is 17.8 Å². The number of alkyl halides is 10. The molecule has 86 valence electrons. The van der Waals surface area contributed by atoms with Crippen molar-refractivity contribution in [2.45, 2.75) is 17.8 Å². The van der Waals surface area contributed by atoms with E-state index in [-0.39, 0.29) is 0 Å². The van der Waals surface area contributed by atoms with Gasteiger partial charge in [0.1, 0.15) is 0 Å². The minimum Gasteiger partial charge on any atom is -0.204 e. The summed E-state index contributed by atoms with van der Waals surface area (Å²) in [7, 11) is 0. The van der Waals surface area contributed by atoms with Crippen molar-refractivity contribution < 1.29 is 8.78 Å². The van der Waals surface area contributed by atoms with Gasteiger partial charge in [-0.3, -0.25) is 0 Å². The summed E-state index contributed by atoms with van der Waals surface area (Å²) in [5.74, 6) is 0. The summed E-state index contributed by atoms with van der Waals surface area (Å²) in [6, 6.07) is 0. The van der Waals surface area contributed by atoms with Crippen LogP contribution in [0.3, 0.4) is 0 Å². The second-order valence-corrected chi connectivity index (χ2v) is 7.27. The lowest BCUT2D eigenvalue weighted by Crippen LogP contribution is -2.54. The Morgan fingerprint density at radius 3 is 0.714 bits per heavy atom. The van der Waals surface area contributed by atoms with Crippen molar-refractivity contribution in [3.8, 4) is 0 Å². The van der Waals surface area contributed by atoms with Crippen molar-refractivity contribution in [3.63, 3.8) is 0 Å². The summed E-state index contributed by atoms with van der Waals surface area (Å²) < 4.78 is 13.3. The second-order valence-electron chi connectivity index (χ2n) is 2.14. The highest BCUT2D eigenvalue weighted by atomic mass is 35.6. The molecule has 0 atom stereocenters. The third-order valence-corrected chi connectivity index (χ3v) is 5.58.